The van der Waals surface area contributed by atoms with E-state index in [0.29, 0.717) is 17.1 Å². The number of sulfonamides is 1. The molecule has 0 saturated heterocycles. The minimum atomic E-state index is -4.23. The molecule has 0 bridgehead atoms. The third kappa shape index (κ3) is 8.52. The highest BCUT2D eigenvalue weighted by molar-refractivity contribution is 7.92. The largest absolute Gasteiger partial charge is 0.354 e. The van der Waals surface area contributed by atoms with Crippen molar-refractivity contribution in [1.29, 1.82) is 0 Å². The van der Waals surface area contributed by atoms with E-state index in [0.717, 1.165) is 4.31 Å². The molecular formula is C29H31Cl4N3O4S. The number of carbonyl (C=O) groups is 2. The fourth-order valence-corrected chi connectivity index (χ4v) is 6.11. The van der Waals surface area contributed by atoms with Gasteiger partial charge in [-0.25, -0.2) is 8.42 Å². The maximum Gasteiger partial charge on any atom is 0.264 e. The summed E-state index contributed by atoms with van der Waals surface area (Å²) in [7, 11) is -4.23. The Labute approximate surface area is 261 Å². The van der Waals surface area contributed by atoms with Gasteiger partial charge in [0.2, 0.25) is 11.8 Å². The summed E-state index contributed by atoms with van der Waals surface area (Å²) in [6.07, 6.45) is 0.287. The molecule has 220 valence electrons. The van der Waals surface area contributed by atoms with Gasteiger partial charge in [0.25, 0.3) is 10.0 Å². The van der Waals surface area contributed by atoms with E-state index in [2.05, 4.69) is 5.32 Å². The predicted octanol–water partition coefficient (Wildman–Crippen LogP) is 7.08. The van der Waals surface area contributed by atoms with Crippen LogP contribution in [0.15, 0.2) is 71.6 Å². The van der Waals surface area contributed by atoms with Gasteiger partial charge < -0.3 is 10.2 Å². The fraction of sp³-hybridized carbons (Fsp3) is 0.310. The smallest absolute Gasteiger partial charge is 0.264 e. The van der Waals surface area contributed by atoms with Crippen LogP contribution in [0.2, 0.25) is 20.1 Å². The zero-order valence-corrected chi connectivity index (χ0v) is 26.6. The van der Waals surface area contributed by atoms with Crippen molar-refractivity contribution in [1.82, 2.24) is 10.2 Å². The van der Waals surface area contributed by atoms with Crippen LogP contribution in [0.4, 0.5) is 5.69 Å². The molecule has 0 radical (unpaired) electrons. The van der Waals surface area contributed by atoms with E-state index in [9.17, 15) is 18.0 Å². The number of nitrogens with zero attached hydrogens (tertiary/aromatic N) is 2. The number of hydrogen-bond acceptors (Lipinski definition) is 4. The Hall–Kier alpha value is -2.49. The van der Waals surface area contributed by atoms with E-state index < -0.39 is 28.5 Å². The van der Waals surface area contributed by atoms with Crippen LogP contribution in [0, 0.1) is 5.92 Å². The molecule has 0 fully saturated rings. The molecule has 3 aromatic rings. The molecule has 3 rings (SSSR count). The SMILES string of the molecule is CCC(C(=O)NCC(C)C)N(Cc1ccc(Cl)c(Cl)c1)C(=O)CN(c1ccc(Cl)c(Cl)c1)S(=O)(=O)c1ccccc1. The number of hydrogen-bond donors (Lipinski definition) is 1. The molecule has 1 unspecified atom stereocenters. The maximum absolute atomic E-state index is 14.1. The third-order valence-corrected chi connectivity index (χ3v) is 9.47. The lowest BCUT2D eigenvalue weighted by Gasteiger charge is -2.33. The highest BCUT2D eigenvalue weighted by atomic mass is 35.5. The number of benzene rings is 3. The van der Waals surface area contributed by atoms with E-state index in [1.165, 1.54) is 35.2 Å². The van der Waals surface area contributed by atoms with Crippen molar-refractivity contribution in [3.8, 4) is 0 Å². The van der Waals surface area contributed by atoms with Crippen molar-refractivity contribution in [2.24, 2.45) is 5.92 Å². The Kier molecular flexibility index (Phi) is 11.8. The molecular weight excluding hydrogens is 628 g/mol. The monoisotopic (exact) mass is 657 g/mol. The van der Waals surface area contributed by atoms with Gasteiger partial charge in [0.05, 0.1) is 30.7 Å². The van der Waals surface area contributed by atoms with E-state index in [-0.39, 0.29) is 50.4 Å². The second-order valence-corrected chi connectivity index (χ2v) is 13.2. The number of amides is 2. The predicted molar refractivity (Wildman–Crippen MR) is 166 cm³/mol. The molecule has 0 spiro atoms. The van der Waals surface area contributed by atoms with Gasteiger partial charge in [0.15, 0.2) is 0 Å². The lowest BCUT2D eigenvalue weighted by molar-refractivity contribution is -0.140. The zero-order valence-electron chi connectivity index (χ0n) is 22.8. The van der Waals surface area contributed by atoms with Crippen LogP contribution < -0.4 is 9.62 Å². The highest BCUT2D eigenvalue weighted by Gasteiger charge is 2.34. The average molecular weight is 659 g/mol. The Morgan fingerprint density at radius 2 is 1.46 bits per heavy atom. The van der Waals surface area contributed by atoms with Crippen molar-refractivity contribution >= 4 is 73.9 Å². The molecule has 41 heavy (non-hydrogen) atoms. The van der Waals surface area contributed by atoms with E-state index in [4.69, 9.17) is 46.4 Å². The number of rotatable bonds is 12. The van der Waals surface area contributed by atoms with Crippen molar-refractivity contribution in [2.75, 3.05) is 17.4 Å². The van der Waals surface area contributed by atoms with Crippen molar-refractivity contribution in [2.45, 2.75) is 44.7 Å². The minimum absolute atomic E-state index is 0.00999. The molecule has 1 N–H and O–H groups in total. The standard InChI is InChI=1S/C29H31Cl4N3O4S/c1-4-27(29(38)34-16-19(2)3)35(17-20-10-12-23(30)25(32)14-20)28(37)18-36(21-11-13-24(31)26(33)15-21)41(39,40)22-8-6-5-7-9-22/h5-15,19,27H,4,16-18H2,1-3H3,(H,34,38). The summed E-state index contributed by atoms with van der Waals surface area (Å²) in [6, 6.07) is 16.1. The number of anilines is 1. The minimum Gasteiger partial charge on any atom is -0.354 e. The summed E-state index contributed by atoms with van der Waals surface area (Å²) < 4.78 is 28.7. The maximum atomic E-state index is 14.1. The number of carbonyl (C=O) groups excluding carboxylic acids is 2. The summed E-state index contributed by atoms with van der Waals surface area (Å²) in [5.74, 6) is -0.758. The second-order valence-electron chi connectivity index (χ2n) is 9.76. The summed E-state index contributed by atoms with van der Waals surface area (Å²) in [6.45, 7) is 5.51. The Bertz CT molecular complexity index is 1490. The first-order valence-electron chi connectivity index (χ1n) is 12.9. The van der Waals surface area contributed by atoms with Crippen LogP contribution in [-0.4, -0.2) is 44.3 Å². The lowest BCUT2D eigenvalue weighted by atomic mass is 10.1. The molecule has 0 aliphatic rings. The van der Waals surface area contributed by atoms with Gasteiger partial charge in [-0.2, -0.15) is 0 Å². The number of halogens is 4. The summed E-state index contributed by atoms with van der Waals surface area (Å²) in [5.41, 5.74) is 0.762. The first-order valence-corrected chi connectivity index (χ1v) is 15.8. The van der Waals surface area contributed by atoms with Crippen molar-refractivity contribution in [3.63, 3.8) is 0 Å². The fourth-order valence-electron chi connectivity index (χ4n) is 4.07. The Balaban J connectivity index is 2.07. The van der Waals surface area contributed by atoms with Crippen LogP contribution in [0.1, 0.15) is 32.8 Å². The molecule has 1 atom stereocenters. The molecule has 0 saturated carbocycles. The average Bonchev–Trinajstić information content (AvgIpc) is 2.94. The molecule has 12 heteroatoms. The topological polar surface area (TPSA) is 86.8 Å². The van der Waals surface area contributed by atoms with Gasteiger partial charge in [-0.15, -0.1) is 0 Å². The molecule has 7 nitrogen and oxygen atoms in total. The number of nitrogens with one attached hydrogen (secondary N) is 1. The first kappa shape index (κ1) is 33.0. The van der Waals surface area contributed by atoms with Crippen molar-refractivity contribution < 1.29 is 18.0 Å². The molecule has 2 amide bonds. The summed E-state index contributed by atoms with van der Waals surface area (Å²) in [4.78, 5) is 28.7. The molecule has 0 aromatic heterocycles. The van der Waals surface area contributed by atoms with Gasteiger partial charge >= 0.3 is 0 Å². The van der Waals surface area contributed by atoms with Crippen LogP contribution in [-0.2, 0) is 26.2 Å². The lowest BCUT2D eigenvalue weighted by Crippen LogP contribution is -2.52. The molecule has 3 aromatic carbocycles. The molecule has 0 heterocycles. The van der Waals surface area contributed by atoms with Gasteiger partial charge in [-0.05, 0) is 60.4 Å². The van der Waals surface area contributed by atoms with E-state index in [1.54, 1.807) is 43.3 Å². The first-order chi connectivity index (χ1) is 19.3. The molecule has 0 aliphatic carbocycles. The van der Waals surface area contributed by atoms with Gasteiger partial charge in [0.1, 0.15) is 12.6 Å². The summed E-state index contributed by atoms with van der Waals surface area (Å²) >= 11 is 24.7. The van der Waals surface area contributed by atoms with E-state index in [1.807, 2.05) is 13.8 Å². The van der Waals surface area contributed by atoms with Crippen LogP contribution in [0.5, 0.6) is 0 Å². The normalized spacial score (nSPS) is 12.2. The highest BCUT2D eigenvalue weighted by Crippen LogP contribution is 2.31. The second kappa shape index (κ2) is 14.6. The Morgan fingerprint density at radius 1 is 0.854 bits per heavy atom. The summed E-state index contributed by atoms with van der Waals surface area (Å²) in [5, 5.41) is 3.87. The quantitative estimate of drug-likeness (QED) is 0.225. The van der Waals surface area contributed by atoms with Gasteiger partial charge in [-0.1, -0.05) is 91.4 Å². The third-order valence-electron chi connectivity index (χ3n) is 6.21. The van der Waals surface area contributed by atoms with Crippen molar-refractivity contribution in [3.05, 3.63) is 92.4 Å². The van der Waals surface area contributed by atoms with Crippen LogP contribution in [0.25, 0.3) is 0 Å². The van der Waals surface area contributed by atoms with E-state index >= 15 is 0 Å². The van der Waals surface area contributed by atoms with Gasteiger partial charge in [-0.3, -0.25) is 13.9 Å². The van der Waals surface area contributed by atoms with Gasteiger partial charge in [0, 0.05) is 13.1 Å². The molecule has 0 aliphatic heterocycles. The zero-order chi connectivity index (χ0) is 30.3. The Morgan fingerprint density at radius 3 is 2.02 bits per heavy atom. The van der Waals surface area contributed by atoms with Crippen LogP contribution in [0.3, 0.4) is 0 Å². The van der Waals surface area contributed by atoms with Crippen LogP contribution >= 0.6 is 46.4 Å².